The van der Waals surface area contributed by atoms with Crippen LogP contribution in [-0.2, 0) is 0 Å². The quantitative estimate of drug-likeness (QED) is 0.812. The van der Waals surface area contributed by atoms with Crippen molar-refractivity contribution < 1.29 is 5.11 Å². The summed E-state index contributed by atoms with van der Waals surface area (Å²) in [5.74, 6) is 0. The molecular weight excluding hydrogens is 224 g/mol. The average Bonchev–Trinajstić information content (AvgIpc) is 2.65. The first-order valence-corrected chi connectivity index (χ1v) is 6.70. The van der Waals surface area contributed by atoms with E-state index in [0.29, 0.717) is 5.69 Å². The van der Waals surface area contributed by atoms with Crippen molar-refractivity contribution in [3.63, 3.8) is 0 Å². The Balaban J connectivity index is 2.26. The Morgan fingerprint density at radius 1 is 1.28 bits per heavy atom. The number of nitrogens with zero attached hydrogens (tertiary/aromatic N) is 2. The first kappa shape index (κ1) is 13.0. The zero-order chi connectivity index (χ0) is 13.0. The first-order valence-electron chi connectivity index (χ1n) is 6.70. The molecule has 0 aliphatic heterocycles. The van der Waals surface area contributed by atoms with Gasteiger partial charge in [0.15, 0.2) is 0 Å². The standard InChI is InChI=1S/C15H20N2O/c1-12-6-7-13(17-10-12)14(18)15(11-16)8-4-2-3-5-9-15/h6-7,10,14,18H,2-5,8-9H2,1H3. The van der Waals surface area contributed by atoms with Gasteiger partial charge in [-0.05, 0) is 31.4 Å². The molecule has 1 aromatic heterocycles. The summed E-state index contributed by atoms with van der Waals surface area (Å²) in [5.41, 5.74) is 1.06. The summed E-state index contributed by atoms with van der Waals surface area (Å²) in [7, 11) is 0. The molecule has 0 bridgehead atoms. The maximum Gasteiger partial charge on any atom is 0.114 e. The summed E-state index contributed by atoms with van der Waals surface area (Å²) in [6.45, 7) is 1.97. The highest BCUT2D eigenvalue weighted by atomic mass is 16.3. The Kier molecular flexibility index (Phi) is 3.98. The van der Waals surface area contributed by atoms with Crippen LogP contribution in [0.15, 0.2) is 18.3 Å². The van der Waals surface area contributed by atoms with Crippen molar-refractivity contribution in [2.45, 2.75) is 51.6 Å². The average molecular weight is 244 g/mol. The number of hydrogen-bond acceptors (Lipinski definition) is 3. The lowest BCUT2D eigenvalue weighted by Gasteiger charge is -2.30. The normalized spacial score (nSPS) is 20.7. The highest BCUT2D eigenvalue weighted by molar-refractivity contribution is 5.19. The van der Waals surface area contributed by atoms with E-state index in [1.807, 2.05) is 19.1 Å². The molecule has 0 aromatic carbocycles. The minimum Gasteiger partial charge on any atom is -0.385 e. The maximum atomic E-state index is 10.5. The van der Waals surface area contributed by atoms with Crippen LogP contribution in [0.3, 0.4) is 0 Å². The molecule has 0 saturated heterocycles. The van der Waals surface area contributed by atoms with Crippen LogP contribution in [0.2, 0.25) is 0 Å². The molecule has 0 spiro atoms. The third-order valence-corrected chi connectivity index (χ3v) is 3.96. The van der Waals surface area contributed by atoms with Crippen molar-refractivity contribution in [2.24, 2.45) is 5.41 Å². The SMILES string of the molecule is Cc1ccc(C(O)C2(C#N)CCCCCC2)nc1. The summed E-state index contributed by atoms with van der Waals surface area (Å²) < 4.78 is 0. The zero-order valence-electron chi connectivity index (χ0n) is 10.9. The van der Waals surface area contributed by atoms with E-state index in [4.69, 9.17) is 0 Å². The fraction of sp³-hybridized carbons (Fsp3) is 0.600. The summed E-state index contributed by atoms with van der Waals surface area (Å²) >= 11 is 0. The molecule has 96 valence electrons. The van der Waals surface area contributed by atoms with Crippen LogP contribution in [0, 0.1) is 23.7 Å². The van der Waals surface area contributed by atoms with Crippen molar-refractivity contribution in [1.29, 1.82) is 5.26 Å². The number of aryl methyl sites for hydroxylation is 1. The smallest absolute Gasteiger partial charge is 0.114 e. The molecule has 3 heteroatoms. The molecule has 0 radical (unpaired) electrons. The van der Waals surface area contributed by atoms with Gasteiger partial charge in [-0.1, -0.05) is 31.7 Å². The molecule has 3 nitrogen and oxygen atoms in total. The van der Waals surface area contributed by atoms with Gasteiger partial charge in [-0.2, -0.15) is 5.26 Å². The van der Waals surface area contributed by atoms with E-state index in [0.717, 1.165) is 44.1 Å². The maximum absolute atomic E-state index is 10.5. The van der Waals surface area contributed by atoms with Gasteiger partial charge >= 0.3 is 0 Å². The lowest BCUT2D eigenvalue weighted by Crippen LogP contribution is -2.27. The Labute approximate surface area is 108 Å². The fourth-order valence-electron chi connectivity index (χ4n) is 2.73. The Hall–Kier alpha value is -1.40. The van der Waals surface area contributed by atoms with Crippen molar-refractivity contribution in [3.8, 4) is 6.07 Å². The first-order chi connectivity index (χ1) is 8.68. The summed E-state index contributed by atoms with van der Waals surface area (Å²) in [6.07, 6.45) is 6.92. The molecule has 1 aromatic rings. The van der Waals surface area contributed by atoms with E-state index in [2.05, 4.69) is 11.1 Å². The van der Waals surface area contributed by atoms with Gasteiger partial charge in [-0.3, -0.25) is 4.98 Å². The molecule has 18 heavy (non-hydrogen) atoms. The topological polar surface area (TPSA) is 56.9 Å². The van der Waals surface area contributed by atoms with Gasteiger partial charge in [0.2, 0.25) is 0 Å². The Morgan fingerprint density at radius 2 is 1.94 bits per heavy atom. The predicted molar refractivity (Wildman–Crippen MR) is 69.7 cm³/mol. The second-order valence-electron chi connectivity index (χ2n) is 5.35. The van der Waals surface area contributed by atoms with Crippen molar-refractivity contribution in [2.75, 3.05) is 0 Å². The summed E-state index contributed by atoms with van der Waals surface area (Å²) in [5, 5.41) is 20.0. The molecule has 1 saturated carbocycles. The Bertz CT molecular complexity index is 425. The van der Waals surface area contributed by atoms with Gasteiger partial charge in [0, 0.05) is 6.20 Å². The Morgan fingerprint density at radius 3 is 2.44 bits per heavy atom. The summed E-state index contributed by atoms with van der Waals surface area (Å²) in [4.78, 5) is 4.28. The molecule has 1 unspecified atom stereocenters. The van der Waals surface area contributed by atoms with E-state index in [9.17, 15) is 10.4 Å². The van der Waals surface area contributed by atoms with Gasteiger partial charge < -0.3 is 5.11 Å². The molecule has 1 heterocycles. The minimum atomic E-state index is -0.763. The van der Waals surface area contributed by atoms with Gasteiger partial charge in [0.1, 0.15) is 6.10 Å². The third-order valence-electron chi connectivity index (χ3n) is 3.96. The van der Waals surface area contributed by atoms with Gasteiger partial charge in [-0.25, -0.2) is 0 Å². The van der Waals surface area contributed by atoms with Gasteiger partial charge in [0.25, 0.3) is 0 Å². The van der Waals surface area contributed by atoms with Crippen LogP contribution in [0.1, 0.15) is 55.9 Å². The number of aliphatic hydroxyl groups excluding tert-OH is 1. The number of aliphatic hydroxyl groups is 1. The molecule has 2 rings (SSSR count). The number of aromatic nitrogens is 1. The third kappa shape index (κ3) is 2.54. The number of rotatable bonds is 2. The molecule has 1 atom stereocenters. The molecule has 1 N–H and O–H groups in total. The van der Waals surface area contributed by atoms with Crippen LogP contribution >= 0.6 is 0 Å². The van der Waals surface area contributed by atoms with Crippen LogP contribution in [-0.4, -0.2) is 10.1 Å². The highest BCUT2D eigenvalue weighted by Gasteiger charge is 2.39. The van der Waals surface area contributed by atoms with E-state index >= 15 is 0 Å². The number of nitriles is 1. The molecule has 0 amide bonds. The minimum absolute atomic E-state index is 0.629. The lowest BCUT2D eigenvalue weighted by atomic mass is 9.75. The predicted octanol–water partition coefficient (Wildman–Crippen LogP) is 3.29. The van der Waals surface area contributed by atoms with Crippen LogP contribution in [0.25, 0.3) is 0 Å². The van der Waals surface area contributed by atoms with E-state index in [1.54, 1.807) is 6.20 Å². The highest BCUT2D eigenvalue weighted by Crippen LogP contribution is 2.44. The van der Waals surface area contributed by atoms with Crippen LogP contribution in [0.4, 0.5) is 0 Å². The lowest BCUT2D eigenvalue weighted by molar-refractivity contribution is 0.0481. The number of hydrogen-bond donors (Lipinski definition) is 1. The van der Waals surface area contributed by atoms with Crippen LogP contribution < -0.4 is 0 Å². The van der Waals surface area contributed by atoms with Crippen molar-refractivity contribution in [1.82, 2.24) is 4.98 Å². The molecule has 1 fully saturated rings. The van der Waals surface area contributed by atoms with Gasteiger partial charge in [0.05, 0.1) is 17.2 Å². The van der Waals surface area contributed by atoms with Crippen LogP contribution in [0.5, 0.6) is 0 Å². The summed E-state index contributed by atoms with van der Waals surface area (Å²) in [6, 6.07) is 6.16. The van der Waals surface area contributed by atoms with Crippen molar-refractivity contribution >= 4 is 0 Å². The van der Waals surface area contributed by atoms with E-state index < -0.39 is 11.5 Å². The monoisotopic (exact) mass is 244 g/mol. The van der Waals surface area contributed by atoms with E-state index in [-0.39, 0.29) is 0 Å². The van der Waals surface area contributed by atoms with E-state index in [1.165, 1.54) is 0 Å². The molecule has 1 aliphatic carbocycles. The second-order valence-corrected chi connectivity index (χ2v) is 5.35. The molecular formula is C15H20N2O. The van der Waals surface area contributed by atoms with Crippen molar-refractivity contribution in [3.05, 3.63) is 29.6 Å². The van der Waals surface area contributed by atoms with Gasteiger partial charge in [-0.15, -0.1) is 0 Å². The molecule has 1 aliphatic rings. The zero-order valence-corrected chi connectivity index (χ0v) is 10.9. The fourth-order valence-corrected chi connectivity index (χ4v) is 2.73. The second kappa shape index (κ2) is 5.49. The largest absolute Gasteiger partial charge is 0.385 e. The number of pyridine rings is 1.